The SMILES string of the molecule is C[C@H](OC(=O)CCC(=O)OC(C)(C)C)C(=O)OC1=CC[C@@]2(O)[C@H]3Cc4ccc(O)c5c4[C@@]2(CCN3C)[C@H]1O5. The van der Waals surface area contributed by atoms with Gasteiger partial charge in [0.05, 0.1) is 23.9 Å². The molecule has 10 heteroatoms. The van der Waals surface area contributed by atoms with Crippen molar-refractivity contribution in [1.29, 1.82) is 0 Å². The van der Waals surface area contributed by atoms with Crippen LogP contribution in [0.2, 0.25) is 0 Å². The molecule has 1 spiro atoms. The van der Waals surface area contributed by atoms with Crippen LogP contribution in [-0.4, -0.2) is 76.1 Å². The van der Waals surface area contributed by atoms with Crippen molar-refractivity contribution in [3.63, 3.8) is 0 Å². The Balaban J connectivity index is 1.32. The van der Waals surface area contributed by atoms with Crippen molar-refractivity contribution in [1.82, 2.24) is 4.90 Å². The zero-order valence-corrected chi connectivity index (χ0v) is 22.4. The van der Waals surface area contributed by atoms with E-state index in [0.717, 1.165) is 11.1 Å². The first-order valence-corrected chi connectivity index (χ1v) is 13.0. The van der Waals surface area contributed by atoms with Crippen LogP contribution in [0.15, 0.2) is 24.0 Å². The Kier molecular flexibility index (Phi) is 6.26. The summed E-state index contributed by atoms with van der Waals surface area (Å²) in [7, 11) is 1.99. The lowest BCUT2D eigenvalue weighted by Crippen LogP contribution is -2.74. The number of phenolic OH excluding ortho intramolecular Hbond substituents is 1. The van der Waals surface area contributed by atoms with E-state index >= 15 is 0 Å². The van der Waals surface area contributed by atoms with Crippen LogP contribution in [-0.2, 0) is 40.4 Å². The summed E-state index contributed by atoms with van der Waals surface area (Å²) in [5, 5.41) is 22.7. The Morgan fingerprint density at radius 1 is 1.21 bits per heavy atom. The van der Waals surface area contributed by atoms with E-state index in [1.165, 1.54) is 6.92 Å². The van der Waals surface area contributed by atoms with Crippen molar-refractivity contribution in [3.05, 3.63) is 35.1 Å². The summed E-state index contributed by atoms with van der Waals surface area (Å²) in [5.74, 6) is -1.54. The lowest BCUT2D eigenvalue weighted by molar-refractivity contribution is -0.175. The van der Waals surface area contributed by atoms with Gasteiger partial charge in [0.15, 0.2) is 23.7 Å². The lowest BCUT2D eigenvalue weighted by Gasteiger charge is -2.61. The highest BCUT2D eigenvalue weighted by Gasteiger charge is 2.72. The molecule has 5 atom stereocenters. The number of hydrogen-bond donors (Lipinski definition) is 2. The Labute approximate surface area is 221 Å². The number of likely N-dealkylation sites (tertiary alicyclic amines) is 1. The second-order valence-corrected chi connectivity index (χ2v) is 11.7. The molecule has 0 unspecified atom stereocenters. The Morgan fingerprint density at radius 2 is 1.92 bits per heavy atom. The molecule has 1 aromatic carbocycles. The molecule has 0 saturated carbocycles. The van der Waals surface area contributed by atoms with Gasteiger partial charge in [0.25, 0.3) is 0 Å². The van der Waals surface area contributed by atoms with E-state index in [1.807, 2.05) is 13.1 Å². The number of piperidine rings is 1. The van der Waals surface area contributed by atoms with Crippen molar-refractivity contribution in [2.45, 2.75) is 94.7 Å². The van der Waals surface area contributed by atoms with E-state index in [0.29, 0.717) is 25.1 Å². The van der Waals surface area contributed by atoms with E-state index < -0.39 is 46.7 Å². The van der Waals surface area contributed by atoms with Crippen molar-refractivity contribution in [3.8, 4) is 11.5 Å². The van der Waals surface area contributed by atoms with Crippen LogP contribution in [0.5, 0.6) is 11.5 Å². The normalized spacial score (nSPS) is 29.9. The van der Waals surface area contributed by atoms with E-state index in [-0.39, 0.29) is 36.8 Å². The minimum absolute atomic E-state index is 0.0229. The molecule has 1 saturated heterocycles. The van der Waals surface area contributed by atoms with Crippen LogP contribution in [0, 0.1) is 0 Å². The first-order valence-electron chi connectivity index (χ1n) is 13.0. The van der Waals surface area contributed by atoms with Gasteiger partial charge in [-0.3, -0.25) is 9.59 Å². The van der Waals surface area contributed by atoms with Crippen molar-refractivity contribution in [2.24, 2.45) is 0 Å². The molecule has 0 aromatic heterocycles. The zero-order valence-electron chi connectivity index (χ0n) is 22.4. The molecule has 5 rings (SSSR count). The minimum Gasteiger partial charge on any atom is -0.504 e. The average molecular weight is 530 g/mol. The Bertz CT molecular complexity index is 1220. The van der Waals surface area contributed by atoms with E-state index in [2.05, 4.69) is 4.90 Å². The van der Waals surface area contributed by atoms with Gasteiger partial charge in [0.2, 0.25) is 0 Å². The molecule has 1 aromatic rings. The maximum absolute atomic E-state index is 13.0. The molecule has 206 valence electrons. The molecule has 0 radical (unpaired) electrons. The summed E-state index contributed by atoms with van der Waals surface area (Å²) in [6.07, 6.45) is 0.620. The summed E-state index contributed by atoms with van der Waals surface area (Å²) in [6, 6.07) is 3.30. The molecule has 38 heavy (non-hydrogen) atoms. The van der Waals surface area contributed by atoms with Gasteiger partial charge in [0, 0.05) is 18.0 Å². The van der Waals surface area contributed by atoms with E-state index in [4.69, 9.17) is 18.9 Å². The van der Waals surface area contributed by atoms with Crippen LogP contribution in [0.1, 0.15) is 64.5 Å². The highest BCUT2D eigenvalue weighted by atomic mass is 16.6. The molecule has 2 aliphatic carbocycles. The van der Waals surface area contributed by atoms with Crippen LogP contribution in [0.25, 0.3) is 0 Å². The van der Waals surface area contributed by atoms with E-state index in [9.17, 15) is 24.6 Å². The van der Waals surface area contributed by atoms with Gasteiger partial charge in [-0.15, -0.1) is 0 Å². The second-order valence-electron chi connectivity index (χ2n) is 11.7. The molecule has 1 fully saturated rings. The van der Waals surface area contributed by atoms with E-state index in [1.54, 1.807) is 32.9 Å². The van der Waals surface area contributed by atoms with Crippen molar-refractivity contribution < 1.29 is 43.5 Å². The van der Waals surface area contributed by atoms with Crippen molar-refractivity contribution in [2.75, 3.05) is 13.6 Å². The predicted octanol–water partition coefficient (Wildman–Crippen LogP) is 2.27. The molecular formula is C28H35NO9. The summed E-state index contributed by atoms with van der Waals surface area (Å²) in [5.41, 5.74) is -0.932. The van der Waals surface area contributed by atoms with Crippen molar-refractivity contribution >= 4 is 17.9 Å². The van der Waals surface area contributed by atoms with Gasteiger partial charge in [0.1, 0.15) is 11.4 Å². The zero-order chi connectivity index (χ0) is 27.6. The number of esters is 3. The van der Waals surface area contributed by atoms with Crippen LogP contribution >= 0.6 is 0 Å². The second kappa shape index (κ2) is 8.98. The highest BCUT2D eigenvalue weighted by molar-refractivity contribution is 5.82. The summed E-state index contributed by atoms with van der Waals surface area (Å²) in [4.78, 5) is 39.2. The van der Waals surface area contributed by atoms with Gasteiger partial charge in [-0.2, -0.15) is 0 Å². The summed E-state index contributed by atoms with van der Waals surface area (Å²) in [6.45, 7) is 7.29. The number of rotatable bonds is 6. The number of benzene rings is 1. The number of phenols is 1. The Hall–Kier alpha value is -3.11. The quantitative estimate of drug-likeness (QED) is 0.418. The van der Waals surface area contributed by atoms with Crippen LogP contribution < -0.4 is 4.74 Å². The summed E-state index contributed by atoms with van der Waals surface area (Å²) >= 11 is 0. The molecule has 4 aliphatic rings. The van der Waals surface area contributed by atoms with Gasteiger partial charge in [-0.05, 0) is 71.8 Å². The standard InChI is InChI=1S/C28H35NO9/c1-15(35-20(31)8-9-21(32)38-26(2,3)4)25(33)36-18-10-11-28(34)19-14-16-6-7-17(30)23-22(16)27(28,24(18)37-23)12-13-29(19)5/h6-7,10,15,19,24,30,34H,8-9,11-14H2,1-5H3/t15-,19+,24-,27-,28+/m0/s1. The molecule has 2 heterocycles. The number of ether oxygens (including phenoxy) is 4. The maximum Gasteiger partial charge on any atom is 0.352 e. The monoisotopic (exact) mass is 529 g/mol. The van der Waals surface area contributed by atoms with Gasteiger partial charge in [-0.25, -0.2) is 4.79 Å². The molecule has 0 amide bonds. The number of carbonyl (C=O) groups is 3. The Morgan fingerprint density at radius 3 is 2.63 bits per heavy atom. The molecule has 2 N–H and O–H groups in total. The number of likely N-dealkylation sites (N-methyl/N-ethyl adjacent to an activating group) is 1. The number of carbonyl (C=O) groups excluding carboxylic acids is 3. The third-order valence-electron chi connectivity index (χ3n) is 8.17. The van der Waals surface area contributed by atoms with Gasteiger partial charge < -0.3 is 34.1 Å². The molecular weight excluding hydrogens is 494 g/mol. The maximum atomic E-state index is 13.0. The fourth-order valence-electron chi connectivity index (χ4n) is 6.54. The molecule has 10 nitrogen and oxygen atoms in total. The van der Waals surface area contributed by atoms with Crippen LogP contribution in [0.4, 0.5) is 0 Å². The number of aromatic hydroxyl groups is 1. The largest absolute Gasteiger partial charge is 0.504 e. The predicted molar refractivity (Wildman–Crippen MR) is 133 cm³/mol. The lowest BCUT2D eigenvalue weighted by atomic mass is 9.50. The third kappa shape index (κ3) is 4.05. The molecule has 2 aliphatic heterocycles. The number of nitrogens with zero attached hydrogens (tertiary/aromatic N) is 1. The third-order valence-corrected chi connectivity index (χ3v) is 8.17. The fourth-order valence-corrected chi connectivity index (χ4v) is 6.54. The fraction of sp³-hybridized carbons (Fsp3) is 0.607. The van der Waals surface area contributed by atoms with Gasteiger partial charge in [-0.1, -0.05) is 6.07 Å². The topological polar surface area (TPSA) is 132 Å². The number of aliphatic hydroxyl groups is 1. The van der Waals surface area contributed by atoms with Gasteiger partial charge >= 0.3 is 17.9 Å². The average Bonchev–Trinajstić information content (AvgIpc) is 3.18. The molecule has 2 bridgehead atoms. The highest BCUT2D eigenvalue weighted by Crippen LogP contribution is 2.65. The minimum atomic E-state index is -1.23. The smallest absolute Gasteiger partial charge is 0.352 e. The number of hydrogen-bond acceptors (Lipinski definition) is 10. The first kappa shape index (κ1) is 26.5. The summed E-state index contributed by atoms with van der Waals surface area (Å²) < 4.78 is 22.4. The first-order chi connectivity index (χ1) is 17.8. The van der Waals surface area contributed by atoms with Crippen LogP contribution in [0.3, 0.4) is 0 Å².